The van der Waals surface area contributed by atoms with Crippen LogP contribution in [0.5, 0.6) is 0 Å². The Kier molecular flexibility index (Phi) is 4.39. The first-order valence-corrected chi connectivity index (χ1v) is 8.01. The highest BCUT2D eigenvalue weighted by atomic mass is 15.2. The fraction of sp³-hybridized carbons (Fsp3) is 0.625. The van der Waals surface area contributed by atoms with Gasteiger partial charge < -0.3 is 14.8 Å². The number of aryl methyl sites for hydroxylation is 1. The highest BCUT2D eigenvalue weighted by Gasteiger charge is 2.22. The van der Waals surface area contributed by atoms with Crippen molar-refractivity contribution in [1.82, 2.24) is 19.9 Å². The maximum atomic E-state index is 4.58. The summed E-state index contributed by atoms with van der Waals surface area (Å²) in [7, 11) is 2.03. The van der Waals surface area contributed by atoms with Crippen molar-refractivity contribution in [2.24, 2.45) is 13.0 Å². The van der Waals surface area contributed by atoms with E-state index in [4.69, 9.17) is 0 Å². The zero-order valence-electron chi connectivity index (χ0n) is 13.0. The van der Waals surface area contributed by atoms with Crippen molar-refractivity contribution in [3.05, 3.63) is 18.6 Å². The van der Waals surface area contributed by atoms with Gasteiger partial charge >= 0.3 is 0 Å². The number of aromatic nitrogens is 3. The third-order valence-corrected chi connectivity index (χ3v) is 4.40. The summed E-state index contributed by atoms with van der Waals surface area (Å²) in [5, 5.41) is 3.54. The van der Waals surface area contributed by atoms with E-state index >= 15 is 0 Å². The van der Waals surface area contributed by atoms with E-state index in [0.717, 1.165) is 48.9 Å². The van der Waals surface area contributed by atoms with E-state index in [2.05, 4.69) is 31.7 Å². The lowest BCUT2D eigenvalue weighted by molar-refractivity contribution is 0.382. The average molecular weight is 287 g/mol. The summed E-state index contributed by atoms with van der Waals surface area (Å²) in [5.41, 5.74) is 2.19. The molecule has 0 amide bonds. The summed E-state index contributed by atoms with van der Waals surface area (Å²) in [6.07, 6.45) is 7.46. The van der Waals surface area contributed by atoms with E-state index in [1.807, 2.05) is 25.6 Å². The van der Waals surface area contributed by atoms with Gasteiger partial charge in [0.25, 0.3) is 0 Å². The molecule has 21 heavy (non-hydrogen) atoms. The van der Waals surface area contributed by atoms with Crippen LogP contribution in [0.2, 0.25) is 0 Å². The largest absolute Gasteiger partial charge is 0.355 e. The van der Waals surface area contributed by atoms with Crippen molar-refractivity contribution < 1.29 is 0 Å². The number of anilines is 1. The predicted octanol–water partition coefficient (Wildman–Crippen LogP) is 2.18. The van der Waals surface area contributed by atoms with E-state index in [9.17, 15) is 0 Å². The molecule has 0 radical (unpaired) electrons. The van der Waals surface area contributed by atoms with Gasteiger partial charge in [0.1, 0.15) is 5.52 Å². The molecule has 0 bridgehead atoms. The minimum atomic E-state index is 0.802. The number of hydrogen-bond donors (Lipinski definition) is 1. The van der Waals surface area contributed by atoms with E-state index in [0.29, 0.717) is 0 Å². The lowest BCUT2D eigenvalue weighted by Crippen LogP contribution is -2.38. The lowest BCUT2D eigenvalue weighted by Gasteiger charge is -2.33. The van der Waals surface area contributed by atoms with Crippen LogP contribution in [0, 0.1) is 5.92 Å². The Morgan fingerprint density at radius 3 is 2.86 bits per heavy atom. The van der Waals surface area contributed by atoms with Gasteiger partial charge in [0.15, 0.2) is 5.82 Å². The molecule has 0 aromatic carbocycles. The highest BCUT2D eigenvalue weighted by molar-refractivity contribution is 5.86. The maximum absolute atomic E-state index is 4.58. The molecule has 2 aromatic rings. The van der Waals surface area contributed by atoms with Crippen LogP contribution in [0.15, 0.2) is 18.6 Å². The second-order valence-corrected chi connectivity index (χ2v) is 5.99. The minimum absolute atomic E-state index is 0.802. The molecule has 5 nitrogen and oxygen atoms in total. The first-order chi connectivity index (χ1) is 10.3. The normalized spacial score (nSPS) is 16.8. The zero-order chi connectivity index (χ0) is 14.7. The van der Waals surface area contributed by atoms with Crippen molar-refractivity contribution >= 4 is 16.9 Å². The van der Waals surface area contributed by atoms with Crippen molar-refractivity contribution in [3.63, 3.8) is 0 Å². The van der Waals surface area contributed by atoms with E-state index in [1.165, 1.54) is 19.3 Å². The number of piperidine rings is 1. The number of rotatable bonds is 5. The Morgan fingerprint density at radius 2 is 2.10 bits per heavy atom. The van der Waals surface area contributed by atoms with E-state index in [-0.39, 0.29) is 0 Å². The smallest absolute Gasteiger partial charge is 0.156 e. The summed E-state index contributed by atoms with van der Waals surface area (Å²) in [5.74, 6) is 1.85. The van der Waals surface area contributed by atoms with Crippen LogP contribution in [0.25, 0.3) is 11.0 Å². The fourth-order valence-electron chi connectivity index (χ4n) is 3.11. The molecule has 0 saturated carbocycles. The van der Waals surface area contributed by atoms with Gasteiger partial charge in [-0.2, -0.15) is 0 Å². The van der Waals surface area contributed by atoms with Crippen LogP contribution in [0.3, 0.4) is 0 Å². The fourth-order valence-corrected chi connectivity index (χ4v) is 3.11. The molecule has 1 N–H and O–H groups in total. The van der Waals surface area contributed by atoms with Crippen molar-refractivity contribution in [3.8, 4) is 0 Å². The number of nitrogens with one attached hydrogen (secondary N) is 1. The number of hydrogen-bond acceptors (Lipinski definition) is 4. The molecule has 1 fully saturated rings. The highest BCUT2D eigenvalue weighted by Crippen LogP contribution is 2.26. The lowest BCUT2D eigenvalue weighted by atomic mass is 9.96. The SMILES string of the molecule is CCCNCC1CCN(c2nccc3c2ncn3C)CC1. The molecule has 3 heterocycles. The number of imidazole rings is 1. The molecule has 5 heteroatoms. The molecular weight excluding hydrogens is 262 g/mol. The molecule has 1 saturated heterocycles. The molecule has 0 unspecified atom stereocenters. The maximum Gasteiger partial charge on any atom is 0.156 e. The van der Waals surface area contributed by atoms with Crippen LogP contribution in [0.4, 0.5) is 5.82 Å². The summed E-state index contributed by atoms with van der Waals surface area (Å²) in [6.45, 7) is 6.68. The Balaban J connectivity index is 1.66. The Hall–Kier alpha value is -1.62. The molecule has 0 atom stereocenters. The van der Waals surface area contributed by atoms with E-state index < -0.39 is 0 Å². The van der Waals surface area contributed by atoms with Gasteiger partial charge in [-0.25, -0.2) is 9.97 Å². The van der Waals surface area contributed by atoms with Crippen molar-refractivity contribution in [2.45, 2.75) is 26.2 Å². The second kappa shape index (κ2) is 6.43. The molecule has 3 rings (SSSR count). The number of fused-ring (bicyclic) bond motifs is 1. The molecule has 2 aromatic heterocycles. The Morgan fingerprint density at radius 1 is 1.29 bits per heavy atom. The number of nitrogens with zero attached hydrogens (tertiary/aromatic N) is 4. The average Bonchev–Trinajstić information content (AvgIpc) is 2.90. The van der Waals surface area contributed by atoms with Crippen molar-refractivity contribution in [2.75, 3.05) is 31.1 Å². The summed E-state index contributed by atoms with van der Waals surface area (Å²) in [4.78, 5) is 11.5. The van der Waals surface area contributed by atoms with E-state index in [1.54, 1.807) is 0 Å². The summed E-state index contributed by atoms with van der Waals surface area (Å²) < 4.78 is 2.06. The Labute approximate surface area is 126 Å². The monoisotopic (exact) mass is 287 g/mol. The third kappa shape index (κ3) is 3.02. The summed E-state index contributed by atoms with van der Waals surface area (Å²) in [6, 6.07) is 2.03. The van der Waals surface area contributed by atoms with Gasteiger partial charge in [-0.05, 0) is 44.3 Å². The molecule has 114 valence electrons. The molecular formula is C16H25N5. The molecule has 0 spiro atoms. The van der Waals surface area contributed by atoms with Gasteiger partial charge in [0.2, 0.25) is 0 Å². The minimum Gasteiger partial charge on any atom is -0.355 e. The van der Waals surface area contributed by atoms with Gasteiger partial charge in [-0.15, -0.1) is 0 Å². The quantitative estimate of drug-likeness (QED) is 0.856. The van der Waals surface area contributed by atoms with Gasteiger partial charge in [0, 0.05) is 26.3 Å². The zero-order valence-corrected chi connectivity index (χ0v) is 13.0. The van der Waals surface area contributed by atoms with Crippen LogP contribution < -0.4 is 10.2 Å². The van der Waals surface area contributed by atoms with Crippen LogP contribution >= 0.6 is 0 Å². The molecule has 1 aliphatic rings. The van der Waals surface area contributed by atoms with Gasteiger partial charge in [-0.1, -0.05) is 6.92 Å². The van der Waals surface area contributed by atoms with Gasteiger partial charge in [0.05, 0.1) is 11.8 Å². The van der Waals surface area contributed by atoms with Gasteiger partial charge in [-0.3, -0.25) is 0 Å². The standard InChI is InChI=1S/C16H25N5/c1-3-7-17-11-13-5-9-21(10-6-13)16-15-14(4-8-18-16)20(2)12-19-15/h4,8,12-13,17H,3,5-7,9-11H2,1-2H3. The van der Waals surface area contributed by atoms with Crippen LogP contribution in [0.1, 0.15) is 26.2 Å². The summed E-state index contributed by atoms with van der Waals surface area (Å²) >= 11 is 0. The first-order valence-electron chi connectivity index (χ1n) is 8.01. The predicted molar refractivity (Wildman–Crippen MR) is 86.6 cm³/mol. The van der Waals surface area contributed by atoms with Crippen molar-refractivity contribution in [1.29, 1.82) is 0 Å². The van der Waals surface area contributed by atoms with Crippen LogP contribution in [-0.2, 0) is 7.05 Å². The third-order valence-electron chi connectivity index (χ3n) is 4.40. The molecule has 1 aliphatic heterocycles. The Bertz CT molecular complexity index is 583. The topological polar surface area (TPSA) is 46.0 Å². The first kappa shape index (κ1) is 14.3. The van der Waals surface area contributed by atoms with Crippen LogP contribution in [-0.4, -0.2) is 40.7 Å². The molecule has 0 aliphatic carbocycles. The number of pyridine rings is 1. The second-order valence-electron chi connectivity index (χ2n) is 5.99.